The molecule has 0 unspecified atom stereocenters. The Kier molecular flexibility index (Phi) is 2.27. The normalized spacial score (nSPS) is 25.9. The van der Waals surface area contributed by atoms with Crippen molar-refractivity contribution >= 4 is 12.4 Å². The molecule has 0 aromatic rings. The molecule has 2 nitrogen and oxygen atoms in total. The summed E-state index contributed by atoms with van der Waals surface area (Å²) in [6.45, 7) is 3.51. The fraction of sp³-hybridized carbons (Fsp3) is 1.00. The second-order valence-electron chi connectivity index (χ2n) is 2.67. The van der Waals surface area contributed by atoms with E-state index in [1.165, 1.54) is 0 Å². The Hall–Kier alpha value is 0.210. The molecule has 1 N–H and O–H groups in total. The molecule has 0 saturated carbocycles. The Morgan fingerprint density at radius 2 is 1.88 bits per heavy atom. The van der Waals surface area contributed by atoms with Crippen LogP contribution < -0.4 is 0 Å². The first-order valence-electron chi connectivity index (χ1n) is 2.51. The van der Waals surface area contributed by atoms with Gasteiger partial charge in [0.05, 0.1) is 5.60 Å². The summed E-state index contributed by atoms with van der Waals surface area (Å²) in [6, 6.07) is 0. The number of likely N-dealkylation sites (tertiary alicyclic amines) is 1. The maximum absolute atomic E-state index is 9.04. The van der Waals surface area contributed by atoms with Crippen molar-refractivity contribution < 1.29 is 5.11 Å². The number of rotatable bonds is 0. The largest absolute Gasteiger partial charge is 0.388 e. The van der Waals surface area contributed by atoms with Crippen molar-refractivity contribution in [2.45, 2.75) is 12.5 Å². The Balaban J connectivity index is 0.000000490. The standard InChI is InChI=1S/C5H11NO.ClH/c1-5(7)3-6(2)4-5;/h7H,3-4H2,1-2H3;1H. The first-order chi connectivity index (χ1) is 3.10. The number of aliphatic hydroxyl groups is 1. The molecule has 50 valence electrons. The molecular formula is C5H12ClNO. The third-order valence-electron chi connectivity index (χ3n) is 1.22. The summed E-state index contributed by atoms with van der Waals surface area (Å²) in [5.41, 5.74) is -0.380. The van der Waals surface area contributed by atoms with Crippen LogP contribution in [0.3, 0.4) is 0 Å². The lowest BCUT2D eigenvalue weighted by Gasteiger charge is -2.41. The highest BCUT2D eigenvalue weighted by atomic mass is 35.5. The maximum Gasteiger partial charge on any atom is 0.0872 e. The van der Waals surface area contributed by atoms with Gasteiger partial charge in [0, 0.05) is 13.1 Å². The van der Waals surface area contributed by atoms with E-state index in [0.717, 1.165) is 13.1 Å². The molecule has 8 heavy (non-hydrogen) atoms. The molecule has 1 fully saturated rings. The van der Waals surface area contributed by atoms with Crippen LogP contribution in [-0.2, 0) is 0 Å². The predicted molar refractivity (Wildman–Crippen MR) is 35.4 cm³/mol. The highest BCUT2D eigenvalue weighted by Gasteiger charge is 2.33. The molecule has 0 bridgehead atoms. The molecule has 0 atom stereocenters. The van der Waals surface area contributed by atoms with E-state index < -0.39 is 0 Å². The van der Waals surface area contributed by atoms with E-state index >= 15 is 0 Å². The van der Waals surface area contributed by atoms with Crippen LogP contribution in [0.1, 0.15) is 6.92 Å². The smallest absolute Gasteiger partial charge is 0.0872 e. The van der Waals surface area contributed by atoms with Crippen LogP contribution >= 0.6 is 12.4 Å². The van der Waals surface area contributed by atoms with Gasteiger partial charge in [0.15, 0.2) is 0 Å². The molecule has 1 rings (SSSR count). The van der Waals surface area contributed by atoms with Crippen molar-refractivity contribution in [1.29, 1.82) is 0 Å². The Morgan fingerprint density at radius 1 is 1.50 bits per heavy atom. The molecule has 1 saturated heterocycles. The van der Waals surface area contributed by atoms with Gasteiger partial charge in [0.1, 0.15) is 0 Å². The van der Waals surface area contributed by atoms with Gasteiger partial charge in [0.2, 0.25) is 0 Å². The summed E-state index contributed by atoms with van der Waals surface area (Å²) in [6.07, 6.45) is 0. The second-order valence-corrected chi connectivity index (χ2v) is 2.67. The third-order valence-corrected chi connectivity index (χ3v) is 1.22. The Labute approximate surface area is 55.9 Å². The molecule has 0 spiro atoms. The maximum atomic E-state index is 9.04. The molecular weight excluding hydrogens is 126 g/mol. The van der Waals surface area contributed by atoms with Gasteiger partial charge in [-0.3, -0.25) is 0 Å². The minimum Gasteiger partial charge on any atom is -0.388 e. The zero-order valence-corrected chi connectivity index (χ0v) is 6.03. The number of nitrogens with zero attached hydrogens (tertiary/aromatic N) is 1. The molecule has 0 aromatic heterocycles. The van der Waals surface area contributed by atoms with Gasteiger partial charge in [-0.05, 0) is 14.0 Å². The number of halogens is 1. The Morgan fingerprint density at radius 3 is 1.88 bits per heavy atom. The van der Waals surface area contributed by atoms with Crippen molar-refractivity contribution in [1.82, 2.24) is 4.90 Å². The fourth-order valence-corrected chi connectivity index (χ4v) is 1.12. The van der Waals surface area contributed by atoms with Crippen LogP contribution in [-0.4, -0.2) is 35.7 Å². The topological polar surface area (TPSA) is 23.5 Å². The first-order valence-corrected chi connectivity index (χ1v) is 2.51. The molecule has 1 heterocycles. The lowest BCUT2D eigenvalue weighted by molar-refractivity contribution is -0.0705. The molecule has 0 radical (unpaired) electrons. The van der Waals surface area contributed by atoms with E-state index in [1.54, 1.807) is 0 Å². The minimum absolute atomic E-state index is 0. The zero-order valence-electron chi connectivity index (χ0n) is 5.22. The summed E-state index contributed by atoms with van der Waals surface area (Å²) in [5.74, 6) is 0. The van der Waals surface area contributed by atoms with Crippen molar-refractivity contribution in [3.05, 3.63) is 0 Å². The van der Waals surface area contributed by atoms with E-state index in [-0.39, 0.29) is 18.0 Å². The van der Waals surface area contributed by atoms with Crippen LogP contribution in [0.25, 0.3) is 0 Å². The van der Waals surface area contributed by atoms with E-state index in [0.29, 0.717) is 0 Å². The van der Waals surface area contributed by atoms with Gasteiger partial charge in [-0.15, -0.1) is 12.4 Å². The number of hydrogen-bond acceptors (Lipinski definition) is 2. The lowest BCUT2D eigenvalue weighted by Crippen LogP contribution is -2.57. The number of likely N-dealkylation sites (N-methyl/N-ethyl adjacent to an activating group) is 1. The highest BCUT2D eigenvalue weighted by molar-refractivity contribution is 5.85. The molecule has 1 aliphatic rings. The van der Waals surface area contributed by atoms with Gasteiger partial charge in [0.25, 0.3) is 0 Å². The van der Waals surface area contributed by atoms with E-state index in [9.17, 15) is 0 Å². The summed E-state index contributed by atoms with van der Waals surface area (Å²) in [7, 11) is 2.00. The van der Waals surface area contributed by atoms with Crippen molar-refractivity contribution in [3.63, 3.8) is 0 Å². The summed E-state index contributed by atoms with van der Waals surface area (Å²) in [5, 5.41) is 9.04. The lowest BCUT2D eigenvalue weighted by atomic mass is 9.98. The van der Waals surface area contributed by atoms with Crippen LogP contribution in [0.5, 0.6) is 0 Å². The van der Waals surface area contributed by atoms with Crippen LogP contribution in [0.15, 0.2) is 0 Å². The fourth-order valence-electron chi connectivity index (χ4n) is 1.12. The van der Waals surface area contributed by atoms with E-state index in [2.05, 4.69) is 4.90 Å². The van der Waals surface area contributed by atoms with Crippen molar-refractivity contribution in [2.75, 3.05) is 20.1 Å². The van der Waals surface area contributed by atoms with Crippen molar-refractivity contribution in [3.8, 4) is 0 Å². The minimum atomic E-state index is -0.380. The average molecular weight is 138 g/mol. The van der Waals surface area contributed by atoms with E-state index in [4.69, 9.17) is 5.11 Å². The van der Waals surface area contributed by atoms with Gasteiger partial charge < -0.3 is 10.0 Å². The van der Waals surface area contributed by atoms with Gasteiger partial charge in [-0.25, -0.2) is 0 Å². The Bertz CT molecular complexity index is 76.5. The molecule has 3 heteroatoms. The summed E-state index contributed by atoms with van der Waals surface area (Å²) >= 11 is 0. The molecule has 1 aliphatic heterocycles. The molecule has 0 aromatic carbocycles. The number of β-amino-alcohol motifs (C(OH)–C–C–N with tert-alkyl or cyclic N) is 1. The van der Waals surface area contributed by atoms with Crippen LogP contribution in [0.2, 0.25) is 0 Å². The summed E-state index contributed by atoms with van der Waals surface area (Å²) in [4.78, 5) is 2.08. The SMILES string of the molecule is CN1CC(C)(O)C1.Cl. The summed E-state index contributed by atoms with van der Waals surface area (Å²) < 4.78 is 0. The van der Waals surface area contributed by atoms with Crippen LogP contribution in [0.4, 0.5) is 0 Å². The quantitative estimate of drug-likeness (QED) is 0.512. The van der Waals surface area contributed by atoms with Crippen LogP contribution in [0, 0.1) is 0 Å². The predicted octanol–water partition coefficient (Wildman–Crippen LogP) is 0.105. The van der Waals surface area contributed by atoms with Gasteiger partial charge in [-0.2, -0.15) is 0 Å². The highest BCUT2D eigenvalue weighted by Crippen LogP contribution is 2.16. The van der Waals surface area contributed by atoms with E-state index in [1.807, 2.05) is 14.0 Å². The van der Waals surface area contributed by atoms with Gasteiger partial charge >= 0.3 is 0 Å². The van der Waals surface area contributed by atoms with Crippen molar-refractivity contribution in [2.24, 2.45) is 0 Å². The second kappa shape index (κ2) is 2.21. The first kappa shape index (κ1) is 8.21. The molecule has 0 aliphatic carbocycles. The average Bonchev–Trinajstić information content (AvgIpc) is 1.27. The monoisotopic (exact) mass is 137 g/mol. The van der Waals surface area contributed by atoms with Gasteiger partial charge in [-0.1, -0.05) is 0 Å². The molecule has 0 amide bonds. The third kappa shape index (κ3) is 1.62. The zero-order chi connectivity index (χ0) is 5.49. The number of hydrogen-bond donors (Lipinski definition) is 1.